The highest BCUT2D eigenvalue weighted by Crippen LogP contribution is 2.35. The quantitative estimate of drug-likeness (QED) is 0.471. The van der Waals surface area contributed by atoms with Crippen LogP contribution in [0.2, 0.25) is 5.15 Å². The molecule has 3 aromatic rings. The number of thiophene rings is 1. The molecule has 1 N–H and O–H groups in total. The van der Waals surface area contributed by atoms with Crippen molar-refractivity contribution in [1.29, 1.82) is 0 Å². The van der Waals surface area contributed by atoms with Crippen molar-refractivity contribution in [1.82, 2.24) is 10.3 Å². The van der Waals surface area contributed by atoms with Gasteiger partial charge in [-0.1, -0.05) is 41.4 Å². The molecule has 1 aliphatic carbocycles. The van der Waals surface area contributed by atoms with Crippen LogP contribution in [-0.2, 0) is 0 Å². The summed E-state index contributed by atoms with van der Waals surface area (Å²) < 4.78 is 1.02. The number of para-hydroxylation sites is 1. The third kappa shape index (κ3) is 3.42. The summed E-state index contributed by atoms with van der Waals surface area (Å²) >= 11 is 7.80. The number of halogens is 1. The Bertz CT molecular complexity index is 976. The number of rotatable bonds is 4. The normalized spacial score (nSPS) is 14.7. The Balaban J connectivity index is 1.54. The van der Waals surface area contributed by atoms with Gasteiger partial charge in [0.15, 0.2) is 0 Å². The number of hydrogen-bond donors (Lipinski definition) is 1. The number of aromatic nitrogens is 1. The molecule has 5 heteroatoms. The molecule has 0 aliphatic heterocycles. The van der Waals surface area contributed by atoms with Gasteiger partial charge in [0.25, 0.3) is 5.91 Å². The molecule has 0 saturated heterocycles. The van der Waals surface area contributed by atoms with Gasteiger partial charge in [0.05, 0.1) is 10.4 Å². The van der Waals surface area contributed by atoms with Crippen molar-refractivity contribution in [3.05, 3.63) is 52.0 Å². The Labute approximate surface area is 155 Å². The number of fused-ring (bicyclic) bond motifs is 3. The maximum Gasteiger partial charge on any atom is 0.261 e. The van der Waals surface area contributed by atoms with Gasteiger partial charge in [0.1, 0.15) is 5.15 Å². The summed E-state index contributed by atoms with van der Waals surface area (Å²) in [7, 11) is 0. The van der Waals surface area contributed by atoms with Crippen LogP contribution in [0.3, 0.4) is 0 Å². The Morgan fingerprint density at radius 3 is 2.96 bits per heavy atom. The average Bonchev–Trinajstić information content (AvgIpc) is 3.09. The highest BCUT2D eigenvalue weighted by Gasteiger charge is 2.15. The smallest absolute Gasteiger partial charge is 0.261 e. The van der Waals surface area contributed by atoms with Crippen LogP contribution in [-0.4, -0.2) is 17.4 Å². The zero-order valence-electron chi connectivity index (χ0n) is 13.8. The fourth-order valence-corrected chi connectivity index (χ4v) is 4.75. The van der Waals surface area contributed by atoms with Crippen molar-refractivity contribution in [3.8, 4) is 0 Å². The van der Waals surface area contributed by atoms with E-state index in [1.54, 1.807) is 0 Å². The molecule has 0 bridgehead atoms. The third-order valence-electron chi connectivity index (χ3n) is 4.66. The van der Waals surface area contributed by atoms with Crippen LogP contribution in [0.25, 0.3) is 21.0 Å². The maximum absolute atomic E-state index is 12.5. The van der Waals surface area contributed by atoms with E-state index >= 15 is 0 Å². The Morgan fingerprint density at radius 2 is 2.12 bits per heavy atom. The molecule has 1 aromatic carbocycles. The standard InChI is InChI=1S/C20H19ClN2OS/c21-19-15-12-17(20(24)22-11-10-13-6-2-1-3-7-13)25-18(15)14-8-4-5-9-16(14)23-19/h4-6,8-9,12H,1-3,7,10-11H2,(H,22,24). The first kappa shape index (κ1) is 16.6. The summed E-state index contributed by atoms with van der Waals surface area (Å²) in [6.07, 6.45) is 8.19. The minimum atomic E-state index is -0.0299. The van der Waals surface area contributed by atoms with Crippen LogP contribution in [0.4, 0.5) is 0 Å². The summed E-state index contributed by atoms with van der Waals surface area (Å²) in [4.78, 5) is 17.6. The van der Waals surface area contributed by atoms with E-state index in [2.05, 4.69) is 16.4 Å². The van der Waals surface area contributed by atoms with E-state index in [1.807, 2.05) is 30.3 Å². The van der Waals surface area contributed by atoms with Crippen molar-refractivity contribution in [2.24, 2.45) is 0 Å². The van der Waals surface area contributed by atoms with Crippen LogP contribution >= 0.6 is 22.9 Å². The maximum atomic E-state index is 12.5. The molecule has 4 rings (SSSR count). The van der Waals surface area contributed by atoms with E-state index in [9.17, 15) is 4.79 Å². The molecular weight excluding hydrogens is 352 g/mol. The number of nitrogens with one attached hydrogen (secondary N) is 1. The number of amides is 1. The lowest BCUT2D eigenvalue weighted by atomic mass is 9.97. The van der Waals surface area contributed by atoms with Gasteiger partial charge >= 0.3 is 0 Å². The number of pyridine rings is 1. The first-order valence-electron chi connectivity index (χ1n) is 8.66. The van der Waals surface area contributed by atoms with E-state index in [-0.39, 0.29) is 5.91 Å². The van der Waals surface area contributed by atoms with Crippen molar-refractivity contribution < 1.29 is 4.79 Å². The molecule has 0 radical (unpaired) electrons. The third-order valence-corrected chi connectivity index (χ3v) is 6.12. The lowest BCUT2D eigenvalue weighted by Gasteiger charge is -2.12. The zero-order valence-corrected chi connectivity index (χ0v) is 15.4. The molecule has 3 nitrogen and oxygen atoms in total. The molecule has 0 atom stereocenters. The number of allylic oxidation sites excluding steroid dienone is 1. The van der Waals surface area contributed by atoms with E-state index in [1.165, 1.54) is 42.6 Å². The summed E-state index contributed by atoms with van der Waals surface area (Å²) in [5.41, 5.74) is 2.33. The van der Waals surface area contributed by atoms with Crippen LogP contribution in [0, 0.1) is 0 Å². The summed E-state index contributed by atoms with van der Waals surface area (Å²) in [5, 5.41) is 5.39. The average molecular weight is 371 g/mol. The SMILES string of the molecule is O=C(NCCC1=CCCCC1)c1cc2c(Cl)nc3ccccc3c2s1. The van der Waals surface area contributed by atoms with Crippen LogP contribution in [0.1, 0.15) is 41.8 Å². The van der Waals surface area contributed by atoms with Gasteiger partial charge in [-0.25, -0.2) is 4.98 Å². The molecule has 2 aromatic heterocycles. The molecule has 0 unspecified atom stereocenters. The van der Waals surface area contributed by atoms with E-state index in [0.717, 1.165) is 27.4 Å². The van der Waals surface area contributed by atoms with Crippen LogP contribution < -0.4 is 5.32 Å². The number of nitrogens with zero attached hydrogens (tertiary/aromatic N) is 1. The summed E-state index contributed by atoms with van der Waals surface area (Å²) in [6, 6.07) is 9.75. The van der Waals surface area contributed by atoms with Gasteiger partial charge in [-0.3, -0.25) is 4.79 Å². The van der Waals surface area contributed by atoms with Crippen LogP contribution in [0.5, 0.6) is 0 Å². The van der Waals surface area contributed by atoms with Crippen molar-refractivity contribution in [3.63, 3.8) is 0 Å². The first-order valence-corrected chi connectivity index (χ1v) is 9.86. The topological polar surface area (TPSA) is 42.0 Å². The van der Waals surface area contributed by atoms with Gasteiger partial charge in [0.2, 0.25) is 0 Å². The monoisotopic (exact) mass is 370 g/mol. The van der Waals surface area contributed by atoms with Gasteiger partial charge < -0.3 is 5.32 Å². The minimum Gasteiger partial charge on any atom is -0.351 e. The number of carbonyl (C=O) groups is 1. The summed E-state index contributed by atoms with van der Waals surface area (Å²) in [6.45, 7) is 0.686. The van der Waals surface area contributed by atoms with Gasteiger partial charge in [-0.2, -0.15) is 0 Å². The van der Waals surface area contributed by atoms with Gasteiger partial charge in [0, 0.05) is 22.0 Å². The van der Waals surface area contributed by atoms with E-state index in [0.29, 0.717) is 16.6 Å². The number of benzene rings is 1. The first-order chi connectivity index (χ1) is 12.2. The Hall–Kier alpha value is -1.91. The van der Waals surface area contributed by atoms with Crippen molar-refractivity contribution in [2.75, 3.05) is 6.54 Å². The van der Waals surface area contributed by atoms with E-state index < -0.39 is 0 Å². The molecule has 25 heavy (non-hydrogen) atoms. The Morgan fingerprint density at radius 1 is 1.24 bits per heavy atom. The van der Waals surface area contributed by atoms with E-state index in [4.69, 9.17) is 11.6 Å². The second-order valence-corrected chi connectivity index (χ2v) is 7.80. The predicted octanol–water partition coefficient (Wildman–Crippen LogP) is 5.72. The number of hydrogen-bond acceptors (Lipinski definition) is 3. The lowest BCUT2D eigenvalue weighted by Crippen LogP contribution is -2.24. The highest BCUT2D eigenvalue weighted by atomic mass is 35.5. The van der Waals surface area contributed by atoms with Crippen LogP contribution in [0.15, 0.2) is 42.0 Å². The Kier molecular flexibility index (Phi) is 4.73. The highest BCUT2D eigenvalue weighted by molar-refractivity contribution is 7.21. The molecule has 0 fully saturated rings. The zero-order chi connectivity index (χ0) is 17.2. The molecule has 128 valence electrons. The lowest BCUT2D eigenvalue weighted by molar-refractivity contribution is 0.0958. The summed E-state index contributed by atoms with van der Waals surface area (Å²) in [5.74, 6) is -0.0299. The van der Waals surface area contributed by atoms with Gasteiger partial charge in [-0.15, -0.1) is 11.3 Å². The molecular formula is C20H19ClN2OS. The molecule has 2 heterocycles. The minimum absolute atomic E-state index is 0.0299. The molecule has 0 spiro atoms. The van der Waals surface area contributed by atoms with Crippen molar-refractivity contribution in [2.45, 2.75) is 32.1 Å². The second kappa shape index (κ2) is 7.14. The molecule has 1 aliphatic rings. The predicted molar refractivity (Wildman–Crippen MR) is 106 cm³/mol. The molecule has 0 saturated carbocycles. The largest absolute Gasteiger partial charge is 0.351 e. The fraction of sp³-hybridized carbons (Fsp3) is 0.300. The van der Waals surface area contributed by atoms with Gasteiger partial charge in [-0.05, 0) is 44.2 Å². The number of carbonyl (C=O) groups excluding carboxylic acids is 1. The second-order valence-electron chi connectivity index (χ2n) is 6.39. The van der Waals surface area contributed by atoms with Crippen molar-refractivity contribution >= 4 is 49.8 Å². The molecule has 1 amide bonds. The fourth-order valence-electron chi connectivity index (χ4n) is 3.34.